The second-order valence-electron chi connectivity index (χ2n) is 11.9. The van der Waals surface area contributed by atoms with Gasteiger partial charge in [0, 0.05) is 20.5 Å². The van der Waals surface area contributed by atoms with Gasteiger partial charge in [0.05, 0.1) is 5.56 Å². The maximum atomic E-state index is 6.35. The van der Waals surface area contributed by atoms with E-state index in [1.165, 1.54) is 64.7 Å². The van der Waals surface area contributed by atoms with Crippen LogP contribution in [0.1, 0.15) is 18.2 Å². The van der Waals surface area contributed by atoms with Gasteiger partial charge in [-0.2, -0.15) is 0 Å². The molecule has 47 heavy (non-hydrogen) atoms. The standard InChI is InChI=1S/C45H28OS/c1-3-13-40-31(4-2)38-22-12-23-39(45(38)46-40)42-27-30-26-29(24-25-41(30)47-42)43-34-17-7-9-19-36(34)44(37-20-10-8-18-35(37)43)33-21-11-15-28-14-5-6-16-32(28)33/h2-3,5-27H,1H3/b13-3-. The van der Waals surface area contributed by atoms with E-state index < -0.39 is 0 Å². The monoisotopic (exact) mass is 616 g/mol. The van der Waals surface area contributed by atoms with E-state index in [2.05, 4.69) is 133 Å². The third-order valence-electron chi connectivity index (χ3n) is 9.27. The van der Waals surface area contributed by atoms with Gasteiger partial charge >= 0.3 is 0 Å². The first-order chi connectivity index (χ1) is 23.2. The van der Waals surface area contributed by atoms with Crippen molar-refractivity contribution in [1.82, 2.24) is 0 Å². The molecule has 0 amide bonds. The van der Waals surface area contributed by atoms with Crippen LogP contribution in [0.15, 0.2) is 144 Å². The van der Waals surface area contributed by atoms with E-state index in [0.717, 1.165) is 32.7 Å². The molecule has 2 aromatic heterocycles. The van der Waals surface area contributed by atoms with Gasteiger partial charge in [-0.05, 0) is 103 Å². The number of hydrogen-bond donors (Lipinski definition) is 0. The Morgan fingerprint density at radius 3 is 1.94 bits per heavy atom. The molecule has 0 aliphatic carbocycles. The summed E-state index contributed by atoms with van der Waals surface area (Å²) in [6.45, 7) is 1.97. The molecular weight excluding hydrogens is 589 g/mol. The van der Waals surface area contributed by atoms with Crippen molar-refractivity contribution in [2.24, 2.45) is 0 Å². The molecule has 0 saturated carbocycles. The van der Waals surface area contributed by atoms with Crippen molar-refractivity contribution >= 4 is 70.8 Å². The molecule has 1 nitrogen and oxygen atoms in total. The fourth-order valence-electron chi connectivity index (χ4n) is 7.25. The Labute approximate surface area is 277 Å². The van der Waals surface area contributed by atoms with Crippen LogP contribution in [0, 0.1) is 12.3 Å². The van der Waals surface area contributed by atoms with Crippen molar-refractivity contribution in [3.8, 4) is 45.0 Å². The Bertz CT molecular complexity index is 2700. The summed E-state index contributed by atoms with van der Waals surface area (Å²) in [6.07, 6.45) is 9.82. The van der Waals surface area contributed by atoms with Crippen molar-refractivity contribution < 1.29 is 4.42 Å². The van der Waals surface area contributed by atoms with Gasteiger partial charge in [-0.25, -0.2) is 0 Å². The molecule has 7 aromatic carbocycles. The Hall–Kier alpha value is -5.88. The third kappa shape index (κ3) is 4.25. The smallest absolute Gasteiger partial charge is 0.144 e. The van der Waals surface area contributed by atoms with Crippen LogP contribution < -0.4 is 0 Å². The molecule has 9 rings (SSSR count). The average molecular weight is 617 g/mol. The van der Waals surface area contributed by atoms with Gasteiger partial charge in [0.15, 0.2) is 0 Å². The lowest BCUT2D eigenvalue weighted by Crippen LogP contribution is -1.91. The van der Waals surface area contributed by atoms with Gasteiger partial charge in [0.1, 0.15) is 11.3 Å². The first-order valence-electron chi connectivity index (χ1n) is 15.8. The highest BCUT2D eigenvalue weighted by molar-refractivity contribution is 7.22. The molecule has 0 unspecified atom stereocenters. The molecule has 0 saturated heterocycles. The first-order valence-corrected chi connectivity index (χ1v) is 16.7. The lowest BCUT2D eigenvalue weighted by Gasteiger charge is -2.18. The number of para-hydroxylation sites is 1. The van der Waals surface area contributed by atoms with Gasteiger partial charge < -0.3 is 4.42 Å². The number of thiophene rings is 1. The summed E-state index contributed by atoms with van der Waals surface area (Å²) in [5.41, 5.74) is 7.71. The van der Waals surface area contributed by atoms with E-state index in [4.69, 9.17) is 10.8 Å². The van der Waals surface area contributed by atoms with Crippen molar-refractivity contribution in [2.75, 3.05) is 0 Å². The van der Waals surface area contributed by atoms with Crippen LogP contribution in [-0.2, 0) is 0 Å². The van der Waals surface area contributed by atoms with E-state index in [1.807, 2.05) is 25.1 Å². The molecule has 0 spiro atoms. The number of benzene rings is 7. The van der Waals surface area contributed by atoms with Gasteiger partial charge in [0.2, 0.25) is 0 Å². The van der Waals surface area contributed by atoms with E-state index in [0.29, 0.717) is 0 Å². The molecule has 2 heteroatoms. The number of fused-ring (bicyclic) bond motifs is 5. The molecule has 220 valence electrons. The van der Waals surface area contributed by atoms with E-state index >= 15 is 0 Å². The number of terminal acetylenes is 1. The van der Waals surface area contributed by atoms with Crippen molar-refractivity contribution in [1.29, 1.82) is 0 Å². The molecule has 0 N–H and O–H groups in total. The minimum atomic E-state index is 0.728. The van der Waals surface area contributed by atoms with E-state index in [-0.39, 0.29) is 0 Å². The maximum absolute atomic E-state index is 6.35. The Morgan fingerprint density at radius 1 is 0.596 bits per heavy atom. The fraction of sp³-hybridized carbons (Fsp3) is 0.0222. The number of rotatable bonds is 4. The second-order valence-corrected chi connectivity index (χ2v) is 13.0. The summed E-state index contributed by atoms with van der Waals surface area (Å²) < 4.78 is 7.59. The Morgan fingerprint density at radius 2 is 1.21 bits per heavy atom. The zero-order valence-electron chi connectivity index (χ0n) is 25.8. The van der Waals surface area contributed by atoms with E-state index in [9.17, 15) is 0 Å². The topological polar surface area (TPSA) is 13.1 Å². The van der Waals surface area contributed by atoms with Gasteiger partial charge in [-0.3, -0.25) is 0 Å². The number of allylic oxidation sites excluding steroid dienone is 1. The maximum Gasteiger partial charge on any atom is 0.144 e. The van der Waals surface area contributed by atoms with Crippen LogP contribution in [-0.4, -0.2) is 0 Å². The SMILES string of the molecule is C#Cc1c(/C=C\C)oc2c(-c3cc4cc(-c5c6ccccc6c(-c6cccc7ccccc67)c6ccccc56)ccc4s3)cccc12. The zero-order chi connectivity index (χ0) is 31.5. The number of hydrogen-bond acceptors (Lipinski definition) is 2. The van der Waals surface area contributed by atoms with Crippen LogP contribution in [0.2, 0.25) is 0 Å². The molecular formula is C45H28OS. The summed E-state index contributed by atoms with van der Waals surface area (Å²) >= 11 is 1.78. The first kappa shape index (κ1) is 27.4. The minimum absolute atomic E-state index is 0.728. The van der Waals surface area contributed by atoms with Crippen LogP contribution in [0.5, 0.6) is 0 Å². The molecule has 9 aromatic rings. The van der Waals surface area contributed by atoms with Crippen LogP contribution >= 0.6 is 11.3 Å². The summed E-state index contributed by atoms with van der Waals surface area (Å²) in [5.74, 6) is 3.57. The van der Waals surface area contributed by atoms with E-state index in [1.54, 1.807) is 11.3 Å². The normalized spacial score (nSPS) is 11.8. The molecule has 0 aliphatic rings. The van der Waals surface area contributed by atoms with Gasteiger partial charge in [-0.1, -0.05) is 115 Å². The highest BCUT2D eigenvalue weighted by Gasteiger charge is 2.19. The zero-order valence-corrected chi connectivity index (χ0v) is 26.6. The van der Waals surface area contributed by atoms with Crippen LogP contribution in [0.3, 0.4) is 0 Å². The molecule has 2 heterocycles. The lowest BCUT2D eigenvalue weighted by atomic mass is 9.84. The third-order valence-corrected chi connectivity index (χ3v) is 10.4. The Balaban J connectivity index is 1.27. The summed E-state index contributed by atoms with van der Waals surface area (Å²) in [5, 5.41) is 9.72. The predicted octanol–water partition coefficient (Wildman–Crippen LogP) is 13.1. The van der Waals surface area contributed by atoms with Crippen LogP contribution in [0.25, 0.3) is 92.1 Å². The van der Waals surface area contributed by atoms with Crippen LogP contribution in [0.4, 0.5) is 0 Å². The van der Waals surface area contributed by atoms with Crippen molar-refractivity contribution in [3.63, 3.8) is 0 Å². The lowest BCUT2D eigenvalue weighted by molar-refractivity contribution is 0.604. The fourth-order valence-corrected chi connectivity index (χ4v) is 8.32. The largest absolute Gasteiger partial charge is 0.455 e. The summed E-state index contributed by atoms with van der Waals surface area (Å²) in [7, 11) is 0. The Kier molecular flexibility index (Phi) is 6.35. The summed E-state index contributed by atoms with van der Waals surface area (Å²) in [6, 6.07) is 48.5. The number of furan rings is 1. The molecule has 0 bridgehead atoms. The van der Waals surface area contributed by atoms with Gasteiger partial charge in [0.25, 0.3) is 0 Å². The second kappa shape index (κ2) is 10.9. The summed E-state index contributed by atoms with van der Waals surface area (Å²) in [4.78, 5) is 1.16. The average Bonchev–Trinajstić information content (AvgIpc) is 3.71. The van der Waals surface area contributed by atoms with Crippen molar-refractivity contribution in [3.05, 3.63) is 151 Å². The highest BCUT2D eigenvalue weighted by atomic mass is 32.1. The highest BCUT2D eigenvalue weighted by Crippen LogP contribution is 2.47. The van der Waals surface area contributed by atoms with Crippen molar-refractivity contribution in [2.45, 2.75) is 6.92 Å². The predicted molar refractivity (Wildman–Crippen MR) is 203 cm³/mol. The molecule has 0 aliphatic heterocycles. The quantitative estimate of drug-likeness (QED) is 0.142. The molecule has 0 radical (unpaired) electrons. The van der Waals surface area contributed by atoms with Gasteiger partial charge in [-0.15, -0.1) is 17.8 Å². The molecule has 0 fully saturated rings. The minimum Gasteiger partial charge on any atom is -0.455 e. The molecule has 0 atom stereocenters.